The van der Waals surface area contributed by atoms with Gasteiger partial charge in [-0.25, -0.2) is 0 Å². The predicted molar refractivity (Wildman–Crippen MR) is 77.2 cm³/mol. The van der Waals surface area contributed by atoms with Crippen molar-refractivity contribution >= 4 is 40.1 Å². The molecular weight excluding hydrogens is 300 g/mol. The van der Waals surface area contributed by atoms with Crippen LogP contribution in [0.4, 0.5) is 0 Å². The molecule has 0 aromatic rings. The highest BCUT2D eigenvalue weighted by atomic mass is 32.2. The summed E-state index contributed by atoms with van der Waals surface area (Å²) in [6.45, 7) is 2.50. The fourth-order valence-corrected chi connectivity index (χ4v) is 3.72. The molecule has 0 bridgehead atoms. The first-order valence-electron chi connectivity index (χ1n) is 6.62. The largest absolute Gasteiger partial charge is 0.347 e. The standard InChI is InChI=1S/C12H16N2O4S2/c15-9(7-14-10(16)8-20-11(14)19)13-3-1-12(2-4-13)17-5-6-18-12/h1-8H2. The summed E-state index contributed by atoms with van der Waals surface area (Å²) in [5.41, 5.74) is 0. The lowest BCUT2D eigenvalue weighted by Gasteiger charge is -2.38. The van der Waals surface area contributed by atoms with Gasteiger partial charge in [0.1, 0.15) is 10.9 Å². The van der Waals surface area contributed by atoms with Crippen LogP contribution < -0.4 is 0 Å². The molecule has 0 saturated carbocycles. The Balaban J connectivity index is 1.54. The number of thioether (sulfide) groups is 1. The molecule has 110 valence electrons. The van der Waals surface area contributed by atoms with E-state index in [0.29, 0.717) is 49.2 Å². The highest BCUT2D eigenvalue weighted by molar-refractivity contribution is 8.23. The Hall–Kier alpha value is -0.700. The van der Waals surface area contributed by atoms with Crippen LogP contribution in [0, 0.1) is 0 Å². The van der Waals surface area contributed by atoms with Crippen molar-refractivity contribution in [2.45, 2.75) is 18.6 Å². The van der Waals surface area contributed by atoms with Gasteiger partial charge in [-0.05, 0) is 0 Å². The molecule has 3 fully saturated rings. The summed E-state index contributed by atoms with van der Waals surface area (Å²) in [4.78, 5) is 27.0. The van der Waals surface area contributed by atoms with Crippen molar-refractivity contribution in [2.75, 3.05) is 38.6 Å². The molecule has 20 heavy (non-hydrogen) atoms. The molecule has 3 aliphatic heterocycles. The van der Waals surface area contributed by atoms with Gasteiger partial charge in [-0.2, -0.15) is 0 Å². The van der Waals surface area contributed by atoms with E-state index < -0.39 is 5.79 Å². The van der Waals surface area contributed by atoms with Crippen molar-refractivity contribution in [3.63, 3.8) is 0 Å². The maximum atomic E-state index is 12.2. The lowest BCUT2D eigenvalue weighted by atomic mass is 10.0. The number of carbonyl (C=O) groups excluding carboxylic acids is 2. The third-order valence-corrected chi connectivity index (χ3v) is 5.26. The quantitative estimate of drug-likeness (QED) is 0.679. The molecule has 0 N–H and O–H groups in total. The lowest BCUT2D eigenvalue weighted by Crippen LogP contribution is -2.50. The molecule has 0 aromatic heterocycles. The Morgan fingerprint density at radius 3 is 2.50 bits per heavy atom. The molecule has 0 aliphatic carbocycles. The van der Waals surface area contributed by atoms with Crippen LogP contribution in [0.5, 0.6) is 0 Å². The minimum absolute atomic E-state index is 0.0549. The Morgan fingerprint density at radius 2 is 1.95 bits per heavy atom. The molecule has 0 atom stereocenters. The van der Waals surface area contributed by atoms with Gasteiger partial charge in [0.05, 0.1) is 19.0 Å². The first-order valence-corrected chi connectivity index (χ1v) is 8.02. The second kappa shape index (κ2) is 5.59. The molecule has 6 nitrogen and oxygen atoms in total. The second-order valence-corrected chi connectivity index (χ2v) is 6.63. The zero-order chi connectivity index (χ0) is 14.2. The molecular formula is C12H16N2O4S2. The Bertz CT molecular complexity index is 425. The average Bonchev–Trinajstić information content (AvgIpc) is 3.02. The SMILES string of the molecule is O=C(CN1C(=O)CSC1=S)N1CCC2(CC1)OCCO2. The van der Waals surface area contributed by atoms with Crippen molar-refractivity contribution in [3.8, 4) is 0 Å². The molecule has 0 radical (unpaired) electrons. The molecule has 3 saturated heterocycles. The number of amides is 2. The summed E-state index contributed by atoms with van der Waals surface area (Å²) in [6, 6.07) is 0. The van der Waals surface area contributed by atoms with Gasteiger partial charge in [0.25, 0.3) is 0 Å². The summed E-state index contributed by atoms with van der Waals surface area (Å²) >= 11 is 6.39. The van der Waals surface area contributed by atoms with Crippen molar-refractivity contribution in [1.29, 1.82) is 0 Å². The number of thiocarbonyl (C=S) groups is 1. The van der Waals surface area contributed by atoms with Crippen LogP contribution >= 0.6 is 24.0 Å². The number of hydrogen-bond acceptors (Lipinski definition) is 6. The molecule has 8 heteroatoms. The van der Waals surface area contributed by atoms with Crippen LogP contribution in [0.15, 0.2) is 0 Å². The number of likely N-dealkylation sites (tertiary alicyclic amines) is 1. The Morgan fingerprint density at radius 1 is 1.30 bits per heavy atom. The summed E-state index contributed by atoms with van der Waals surface area (Å²) in [6.07, 6.45) is 1.37. The van der Waals surface area contributed by atoms with Gasteiger partial charge in [0.15, 0.2) is 5.79 Å². The van der Waals surface area contributed by atoms with Gasteiger partial charge in [-0.1, -0.05) is 24.0 Å². The van der Waals surface area contributed by atoms with Crippen molar-refractivity contribution in [2.24, 2.45) is 0 Å². The molecule has 3 aliphatic rings. The van der Waals surface area contributed by atoms with E-state index >= 15 is 0 Å². The normalized spacial score (nSPS) is 25.8. The van der Waals surface area contributed by atoms with Gasteiger partial charge in [-0.15, -0.1) is 0 Å². The monoisotopic (exact) mass is 316 g/mol. The van der Waals surface area contributed by atoms with Crippen LogP contribution in [0.3, 0.4) is 0 Å². The summed E-state index contributed by atoms with van der Waals surface area (Å²) < 4.78 is 11.8. The van der Waals surface area contributed by atoms with E-state index in [1.807, 2.05) is 0 Å². The zero-order valence-electron chi connectivity index (χ0n) is 11.0. The van der Waals surface area contributed by atoms with E-state index in [2.05, 4.69) is 0 Å². The number of ether oxygens (including phenoxy) is 2. The van der Waals surface area contributed by atoms with Gasteiger partial charge >= 0.3 is 0 Å². The molecule has 2 amide bonds. The average molecular weight is 316 g/mol. The third kappa shape index (κ3) is 2.69. The van der Waals surface area contributed by atoms with Crippen LogP contribution in [-0.4, -0.2) is 70.3 Å². The zero-order valence-corrected chi connectivity index (χ0v) is 12.6. The van der Waals surface area contributed by atoms with E-state index in [4.69, 9.17) is 21.7 Å². The molecule has 3 rings (SSSR count). The molecule has 0 aromatic carbocycles. The minimum Gasteiger partial charge on any atom is -0.347 e. The van der Waals surface area contributed by atoms with Gasteiger partial charge < -0.3 is 14.4 Å². The molecule has 1 spiro atoms. The summed E-state index contributed by atoms with van der Waals surface area (Å²) in [5.74, 6) is -0.275. The topological polar surface area (TPSA) is 59.1 Å². The van der Waals surface area contributed by atoms with Crippen molar-refractivity contribution in [1.82, 2.24) is 9.80 Å². The van der Waals surface area contributed by atoms with Gasteiger partial charge in [0.2, 0.25) is 11.8 Å². The first kappa shape index (κ1) is 14.2. The number of rotatable bonds is 2. The maximum Gasteiger partial charge on any atom is 0.242 e. The van der Waals surface area contributed by atoms with E-state index in [9.17, 15) is 9.59 Å². The number of piperidine rings is 1. The lowest BCUT2D eigenvalue weighted by molar-refractivity contribution is -0.187. The van der Waals surface area contributed by atoms with E-state index in [-0.39, 0.29) is 18.4 Å². The number of hydrogen-bond donors (Lipinski definition) is 0. The molecule has 3 heterocycles. The summed E-state index contributed by atoms with van der Waals surface area (Å²) in [5, 5.41) is 0. The van der Waals surface area contributed by atoms with Crippen LogP contribution in [0.2, 0.25) is 0 Å². The highest BCUT2D eigenvalue weighted by Crippen LogP contribution is 2.31. The van der Waals surface area contributed by atoms with Gasteiger partial charge in [-0.3, -0.25) is 14.5 Å². The second-order valence-electron chi connectivity index (χ2n) is 5.02. The highest BCUT2D eigenvalue weighted by Gasteiger charge is 2.41. The summed E-state index contributed by atoms with van der Waals surface area (Å²) in [7, 11) is 0. The van der Waals surface area contributed by atoms with Crippen molar-refractivity contribution < 1.29 is 19.1 Å². The smallest absolute Gasteiger partial charge is 0.242 e. The first-order chi connectivity index (χ1) is 9.60. The third-order valence-electron chi connectivity index (χ3n) is 3.83. The Kier molecular flexibility index (Phi) is 3.98. The van der Waals surface area contributed by atoms with E-state index in [1.165, 1.54) is 16.7 Å². The minimum atomic E-state index is -0.481. The van der Waals surface area contributed by atoms with Gasteiger partial charge in [0, 0.05) is 25.9 Å². The van der Waals surface area contributed by atoms with Crippen molar-refractivity contribution in [3.05, 3.63) is 0 Å². The van der Waals surface area contributed by atoms with Crippen LogP contribution in [0.1, 0.15) is 12.8 Å². The van der Waals surface area contributed by atoms with Crippen LogP contribution in [-0.2, 0) is 19.1 Å². The number of nitrogens with zero attached hydrogens (tertiary/aromatic N) is 2. The van der Waals surface area contributed by atoms with Crippen LogP contribution in [0.25, 0.3) is 0 Å². The molecule has 0 unspecified atom stereocenters. The predicted octanol–water partition coefficient (Wildman–Crippen LogP) is 0.212. The van der Waals surface area contributed by atoms with E-state index in [1.54, 1.807) is 4.90 Å². The fraction of sp³-hybridized carbons (Fsp3) is 0.750. The Labute approximate surface area is 126 Å². The maximum absolute atomic E-state index is 12.2. The number of carbonyl (C=O) groups is 2. The van der Waals surface area contributed by atoms with E-state index in [0.717, 1.165) is 0 Å². The fourth-order valence-electron chi connectivity index (χ4n) is 2.65.